The molecule has 36 heavy (non-hydrogen) atoms. The topological polar surface area (TPSA) is 66.9 Å². The van der Waals surface area contributed by atoms with Gasteiger partial charge in [0, 0.05) is 43.3 Å². The number of pyridine rings is 1. The first kappa shape index (κ1) is 25.5. The zero-order valence-electron chi connectivity index (χ0n) is 20.1. The van der Waals surface area contributed by atoms with Crippen LogP contribution in [-0.4, -0.2) is 62.8 Å². The second-order valence-electron chi connectivity index (χ2n) is 8.39. The summed E-state index contributed by atoms with van der Waals surface area (Å²) in [6.45, 7) is 4.75. The monoisotopic (exact) mass is 506 g/mol. The Bertz CT molecular complexity index is 1270. The Morgan fingerprint density at radius 2 is 1.83 bits per heavy atom. The molecule has 4 rings (SSSR count). The Kier molecular flexibility index (Phi) is 7.21. The van der Waals surface area contributed by atoms with Gasteiger partial charge in [-0.1, -0.05) is 0 Å². The number of hydrogen-bond acceptors (Lipinski definition) is 7. The number of halogens is 4. The van der Waals surface area contributed by atoms with E-state index in [9.17, 15) is 22.4 Å². The number of benzene rings is 2. The summed E-state index contributed by atoms with van der Waals surface area (Å²) in [5, 5.41) is 2.30. The maximum Gasteiger partial charge on any atom is 0.418 e. The quantitative estimate of drug-likeness (QED) is 0.370. The maximum atomic E-state index is 14.2. The average molecular weight is 507 g/mol. The summed E-state index contributed by atoms with van der Waals surface area (Å²) < 4.78 is 67.1. The summed E-state index contributed by atoms with van der Waals surface area (Å²) in [7, 11) is 3.49. The first-order valence-electron chi connectivity index (χ1n) is 11.4. The molecule has 0 radical (unpaired) electrons. The van der Waals surface area contributed by atoms with Crippen molar-refractivity contribution in [2.45, 2.75) is 13.1 Å². The van der Waals surface area contributed by atoms with Crippen LogP contribution in [0.4, 0.5) is 34.8 Å². The number of anilines is 3. The number of fused-ring (bicyclic) bond motifs is 1. The lowest BCUT2D eigenvalue weighted by Crippen LogP contribution is -2.44. The van der Waals surface area contributed by atoms with Gasteiger partial charge in [0.05, 0.1) is 30.5 Å². The average Bonchev–Trinajstić information content (AvgIpc) is 2.83. The van der Waals surface area contributed by atoms with Crippen LogP contribution < -0.4 is 15.0 Å². The minimum absolute atomic E-state index is 0.132. The smallest absolute Gasteiger partial charge is 0.418 e. The van der Waals surface area contributed by atoms with Gasteiger partial charge in [-0.2, -0.15) is 13.2 Å². The standard InChI is InChI=1S/C25H26F4N4O3/c1-4-36-24(34)21-22(25(27,28)29)17-13-15(26)5-7-18(17)30-23(21)31-19-8-6-16(14-20(19)35-3)33-11-9-32(2)10-12-33/h5-8,13-14H,4,9-12H2,1-3H3,(H,30,31). The van der Waals surface area contributed by atoms with Gasteiger partial charge >= 0.3 is 12.1 Å². The Morgan fingerprint density at radius 3 is 2.47 bits per heavy atom. The number of rotatable bonds is 6. The summed E-state index contributed by atoms with van der Waals surface area (Å²) in [6.07, 6.45) is -4.98. The highest BCUT2D eigenvalue weighted by molar-refractivity contribution is 6.03. The van der Waals surface area contributed by atoms with E-state index in [0.29, 0.717) is 17.5 Å². The Hall–Kier alpha value is -3.60. The maximum absolute atomic E-state index is 14.2. The molecule has 1 aliphatic rings. The van der Waals surface area contributed by atoms with E-state index >= 15 is 0 Å². The second-order valence-corrected chi connectivity index (χ2v) is 8.39. The van der Waals surface area contributed by atoms with Crippen molar-refractivity contribution in [3.63, 3.8) is 0 Å². The Balaban J connectivity index is 1.83. The number of esters is 1. The zero-order valence-corrected chi connectivity index (χ0v) is 20.1. The number of nitrogens with one attached hydrogen (secondary N) is 1. The van der Waals surface area contributed by atoms with Crippen molar-refractivity contribution in [3.05, 3.63) is 53.3 Å². The van der Waals surface area contributed by atoms with Crippen molar-refractivity contribution in [2.75, 3.05) is 57.2 Å². The number of carbonyl (C=O) groups is 1. The third kappa shape index (κ3) is 5.15. The molecule has 0 aliphatic carbocycles. The normalized spacial score (nSPS) is 14.7. The highest BCUT2D eigenvalue weighted by Crippen LogP contribution is 2.42. The van der Waals surface area contributed by atoms with E-state index in [-0.39, 0.29) is 17.9 Å². The summed E-state index contributed by atoms with van der Waals surface area (Å²) >= 11 is 0. The molecule has 7 nitrogen and oxygen atoms in total. The molecule has 2 aromatic carbocycles. The Morgan fingerprint density at radius 1 is 1.11 bits per heavy atom. The number of methoxy groups -OCH3 is 1. The van der Waals surface area contributed by atoms with Gasteiger partial charge in [-0.05, 0) is 44.3 Å². The van der Waals surface area contributed by atoms with Crippen LogP contribution in [0.15, 0.2) is 36.4 Å². The zero-order chi connectivity index (χ0) is 26.0. The lowest BCUT2D eigenvalue weighted by atomic mass is 10.0. The van der Waals surface area contributed by atoms with E-state index in [0.717, 1.165) is 44.0 Å². The van der Waals surface area contributed by atoms with Gasteiger partial charge in [-0.3, -0.25) is 0 Å². The molecule has 3 aromatic rings. The van der Waals surface area contributed by atoms with Crippen molar-refractivity contribution in [3.8, 4) is 5.75 Å². The first-order chi connectivity index (χ1) is 17.1. The van der Waals surface area contributed by atoms with Crippen LogP contribution in [0.25, 0.3) is 10.9 Å². The minimum Gasteiger partial charge on any atom is -0.494 e. The molecule has 0 spiro atoms. The summed E-state index contributed by atoms with van der Waals surface area (Å²) in [4.78, 5) is 21.4. The molecule has 0 unspecified atom stereocenters. The molecule has 1 saturated heterocycles. The predicted octanol–water partition coefficient (Wildman–Crippen LogP) is 5.07. The Labute approximate surface area is 205 Å². The number of nitrogens with zero attached hydrogens (tertiary/aromatic N) is 3. The van der Waals surface area contributed by atoms with Gasteiger partial charge < -0.3 is 24.6 Å². The van der Waals surface area contributed by atoms with Crippen LogP contribution in [0.3, 0.4) is 0 Å². The van der Waals surface area contributed by atoms with Gasteiger partial charge in [-0.25, -0.2) is 14.2 Å². The first-order valence-corrected chi connectivity index (χ1v) is 11.4. The largest absolute Gasteiger partial charge is 0.494 e. The molecule has 192 valence electrons. The van der Waals surface area contributed by atoms with E-state index in [2.05, 4.69) is 20.1 Å². The number of ether oxygens (including phenoxy) is 2. The molecule has 0 atom stereocenters. The third-order valence-corrected chi connectivity index (χ3v) is 6.02. The molecule has 1 aliphatic heterocycles. The fraction of sp³-hybridized carbons (Fsp3) is 0.360. The lowest BCUT2D eigenvalue weighted by molar-refractivity contribution is -0.136. The van der Waals surface area contributed by atoms with Crippen LogP contribution >= 0.6 is 0 Å². The third-order valence-electron chi connectivity index (χ3n) is 6.02. The molecule has 1 fully saturated rings. The van der Waals surface area contributed by atoms with Gasteiger partial charge in [0.1, 0.15) is 22.9 Å². The number of piperazine rings is 1. The van der Waals surface area contributed by atoms with E-state index in [4.69, 9.17) is 9.47 Å². The number of likely N-dealkylation sites (N-methyl/N-ethyl adjacent to an activating group) is 1. The van der Waals surface area contributed by atoms with E-state index in [1.165, 1.54) is 14.0 Å². The summed E-state index contributed by atoms with van der Waals surface area (Å²) in [6, 6.07) is 8.11. The van der Waals surface area contributed by atoms with Crippen LogP contribution in [0, 0.1) is 5.82 Å². The van der Waals surface area contributed by atoms with Crippen LogP contribution in [0.2, 0.25) is 0 Å². The van der Waals surface area contributed by atoms with Gasteiger partial charge in [-0.15, -0.1) is 0 Å². The molecular formula is C25H26F4N4O3. The van der Waals surface area contributed by atoms with E-state index in [1.807, 2.05) is 13.1 Å². The van der Waals surface area contributed by atoms with Crippen LogP contribution in [-0.2, 0) is 10.9 Å². The molecule has 2 heterocycles. The fourth-order valence-corrected chi connectivity index (χ4v) is 4.19. The van der Waals surface area contributed by atoms with Crippen molar-refractivity contribution in [1.82, 2.24) is 9.88 Å². The SMILES string of the molecule is CCOC(=O)c1c(Nc2ccc(N3CCN(C)CC3)cc2OC)nc2ccc(F)cc2c1C(F)(F)F. The number of alkyl halides is 3. The van der Waals surface area contributed by atoms with Crippen molar-refractivity contribution < 1.29 is 31.8 Å². The van der Waals surface area contributed by atoms with Crippen molar-refractivity contribution in [2.24, 2.45) is 0 Å². The fourth-order valence-electron chi connectivity index (χ4n) is 4.19. The molecule has 11 heteroatoms. The van der Waals surface area contributed by atoms with Gasteiger partial charge in [0.25, 0.3) is 0 Å². The van der Waals surface area contributed by atoms with Crippen molar-refractivity contribution in [1.29, 1.82) is 0 Å². The van der Waals surface area contributed by atoms with Crippen LogP contribution in [0.1, 0.15) is 22.8 Å². The van der Waals surface area contributed by atoms with E-state index in [1.54, 1.807) is 12.1 Å². The molecule has 1 N–H and O–H groups in total. The molecule has 0 amide bonds. The number of aromatic nitrogens is 1. The number of hydrogen-bond donors (Lipinski definition) is 1. The molecule has 0 saturated carbocycles. The number of carbonyl (C=O) groups excluding carboxylic acids is 1. The van der Waals surface area contributed by atoms with E-state index < -0.39 is 34.5 Å². The predicted molar refractivity (Wildman–Crippen MR) is 129 cm³/mol. The second kappa shape index (κ2) is 10.2. The van der Waals surface area contributed by atoms with Crippen LogP contribution in [0.5, 0.6) is 5.75 Å². The lowest BCUT2D eigenvalue weighted by Gasteiger charge is -2.34. The molecule has 0 bridgehead atoms. The van der Waals surface area contributed by atoms with Crippen molar-refractivity contribution >= 4 is 34.1 Å². The highest BCUT2D eigenvalue weighted by Gasteiger charge is 2.40. The molecule has 1 aromatic heterocycles. The summed E-state index contributed by atoms with van der Waals surface area (Å²) in [5.74, 6) is -2.12. The summed E-state index contributed by atoms with van der Waals surface area (Å²) in [5.41, 5.74) is -1.07. The minimum atomic E-state index is -4.98. The molecular weight excluding hydrogens is 480 g/mol. The van der Waals surface area contributed by atoms with Gasteiger partial charge in [0.15, 0.2) is 0 Å². The highest BCUT2D eigenvalue weighted by atomic mass is 19.4. The van der Waals surface area contributed by atoms with Gasteiger partial charge in [0.2, 0.25) is 0 Å².